The monoisotopic (exact) mass is 340 g/mol. The van der Waals surface area contributed by atoms with Crippen molar-refractivity contribution in [3.05, 3.63) is 29.6 Å². The molecule has 1 atom stereocenters. The quantitative estimate of drug-likeness (QED) is 0.680. The maximum Gasteiger partial charge on any atom is 0.315 e. The summed E-state index contributed by atoms with van der Waals surface area (Å²) in [6.07, 6.45) is 0.419. The first-order chi connectivity index (χ1) is 10.9. The van der Waals surface area contributed by atoms with E-state index in [0.717, 1.165) is 0 Å². The summed E-state index contributed by atoms with van der Waals surface area (Å²) in [5.41, 5.74) is 0.282. The Hall–Kier alpha value is -2.34. The van der Waals surface area contributed by atoms with Gasteiger partial charge in [-0.05, 0) is 18.6 Å². The molecule has 7 nitrogen and oxygen atoms in total. The largest absolute Gasteiger partial charge is 0.382 e. The van der Waals surface area contributed by atoms with E-state index in [0.29, 0.717) is 18.7 Å². The lowest BCUT2D eigenvalue weighted by molar-refractivity contribution is 0.238. The van der Waals surface area contributed by atoms with E-state index in [1.165, 1.54) is 12.1 Å². The van der Waals surface area contributed by atoms with Crippen LogP contribution in [0.1, 0.15) is 12.0 Å². The molecule has 2 rings (SSSR count). The fourth-order valence-corrected chi connectivity index (χ4v) is 3.98. The van der Waals surface area contributed by atoms with Gasteiger partial charge in [0, 0.05) is 19.1 Å². The average Bonchev–Trinajstić information content (AvgIpc) is 2.82. The van der Waals surface area contributed by atoms with Crippen LogP contribution in [0.3, 0.4) is 0 Å². The van der Waals surface area contributed by atoms with Crippen LogP contribution in [-0.2, 0) is 9.84 Å². The van der Waals surface area contributed by atoms with E-state index < -0.39 is 21.7 Å². The van der Waals surface area contributed by atoms with E-state index in [4.69, 9.17) is 5.26 Å². The predicted octanol–water partition coefficient (Wildman–Crippen LogP) is 0.596. The molecule has 0 aromatic heterocycles. The van der Waals surface area contributed by atoms with Crippen LogP contribution in [0.25, 0.3) is 0 Å². The van der Waals surface area contributed by atoms with Crippen molar-refractivity contribution in [2.75, 3.05) is 29.9 Å². The Morgan fingerprint density at radius 1 is 1.39 bits per heavy atom. The highest BCUT2D eigenvalue weighted by atomic mass is 32.2. The molecular formula is C14H17FN4O3S. The summed E-state index contributed by atoms with van der Waals surface area (Å²) >= 11 is 0. The standard InChI is InChI=1S/C14H17FN4O3S/c15-12-2-1-3-13(11(12)8-16)17-5-6-18-14(20)19-10-4-7-23(21,22)9-10/h1-3,10,17H,4-7,9H2,(H2,18,19,20)/t10-/m0/s1. The van der Waals surface area contributed by atoms with Crippen LogP contribution >= 0.6 is 0 Å². The van der Waals surface area contributed by atoms with Crippen LogP contribution in [0.2, 0.25) is 0 Å². The van der Waals surface area contributed by atoms with Gasteiger partial charge in [0.05, 0.1) is 17.2 Å². The Kier molecular flexibility index (Phi) is 5.39. The van der Waals surface area contributed by atoms with Gasteiger partial charge in [-0.2, -0.15) is 5.26 Å². The molecule has 2 amide bonds. The van der Waals surface area contributed by atoms with Gasteiger partial charge in [0.15, 0.2) is 9.84 Å². The molecule has 1 aliphatic heterocycles. The summed E-state index contributed by atoms with van der Waals surface area (Å²) < 4.78 is 36.0. The van der Waals surface area contributed by atoms with Gasteiger partial charge in [-0.15, -0.1) is 0 Å². The van der Waals surface area contributed by atoms with Crippen molar-refractivity contribution in [2.24, 2.45) is 0 Å². The maximum absolute atomic E-state index is 13.4. The smallest absolute Gasteiger partial charge is 0.315 e. The molecule has 1 fully saturated rings. The number of nitrogens with one attached hydrogen (secondary N) is 3. The van der Waals surface area contributed by atoms with Crippen molar-refractivity contribution in [3.8, 4) is 6.07 Å². The van der Waals surface area contributed by atoms with Crippen LogP contribution in [-0.4, -0.2) is 45.1 Å². The summed E-state index contributed by atoms with van der Waals surface area (Å²) in [5.74, 6) is -0.547. The molecule has 1 aliphatic rings. The van der Waals surface area contributed by atoms with Gasteiger partial charge in [0.25, 0.3) is 0 Å². The molecule has 1 aromatic carbocycles. The van der Waals surface area contributed by atoms with Crippen molar-refractivity contribution in [1.82, 2.24) is 10.6 Å². The first kappa shape index (κ1) is 17.0. The first-order valence-corrected chi connectivity index (χ1v) is 8.91. The van der Waals surface area contributed by atoms with Gasteiger partial charge in [0.2, 0.25) is 0 Å². The van der Waals surface area contributed by atoms with Gasteiger partial charge < -0.3 is 16.0 Å². The predicted molar refractivity (Wildman–Crippen MR) is 83.2 cm³/mol. The summed E-state index contributed by atoms with van der Waals surface area (Å²) in [6, 6.07) is 5.22. The second kappa shape index (κ2) is 7.28. The Balaban J connectivity index is 1.73. The zero-order valence-corrected chi connectivity index (χ0v) is 13.1. The van der Waals surface area contributed by atoms with E-state index in [-0.39, 0.29) is 29.7 Å². The lowest BCUT2D eigenvalue weighted by atomic mass is 10.2. The fourth-order valence-electron chi connectivity index (χ4n) is 2.30. The average molecular weight is 340 g/mol. The van der Waals surface area contributed by atoms with Crippen LogP contribution < -0.4 is 16.0 Å². The molecule has 124 valence electrons. The second-order valence-electron chi connectivity index (χ2n) is 5.20. The minimum Gasteiger partial charge on any atom is -0.382 e. The van der Waals surface area contributed by atoms with Crippen LogP contribution in [0.15, 0.2) is 18.2 Å². The molecule has 1 saturated heterocycles. The Bertz CT molecular complexity index is 730. The number of nitriles is 1. The van der Waals surface area contributed by atoms with Gasteiger partial charge in [0.1, 0.15) is 17.4 Å². The number of nitrogens with zero attached hydrogens (tertiary/aromatic N) is 1. The minimum absolute atomic E-state index is 0.0342. The number of sulfone groups is 1. The molecule has 0 bridgehead atoms. The number of urea groups is 1. The van der Waals surface area contributed by atoms with E-state index in [1.54, 1.807) is 12.1 Å². The number of halogens is 1. The minimum atomic E-state index is -3.04. The third-order valence-corrected chi connectivity index (χ3v) is 5.19. The highest BCUT2D eigenvalue weighted by Crippen LogP contribution is 2.17. The Morgan fingerprint density at radius 2 is 2.17 bits per heavy atom. The summed E-state index contributed by atoms with van der Waals surface area (Å²) in [4.78, 5) is 11.6. The van der Waals surface area contributed by atoms with Gasteiger partial charge in [-0.1, -0.05) is 6.07 Å². The Morgan fingerprint density at radius 3 is 2.83 bits per heavy atom. The molecule has 3 N–H and O–H groups in total. The fraction of sp³-hybridized carbons (Fsp3) is 0.429. The zero-order chi connectivity index (χ0) is 16.9. The van der Waals surface area contributed by atoms with E-state index in [9.17, 15) is 17.6 Å². The molecule has 1 aromatic rings. The third-order valence-electron chi connectivity index (χ3n) is 3.42. The first-order valence-electron chi connectivity index (χ1n) is 7.08. The van der Waals surface area contributed by atoms with Crippen molar-refractivity contribution >= 4 is 21.6 Å². The lowest BCUT2D eigenvalue weighted by Crippen LogP contribution is -2.44. The van der Waals surface area contributed by atoms with Crippen molar-refractivity contribution in [1.29, 1.82) is 5.26 Å². The molecule has 23 heavy (non-hydrogen) atoms. The number of carbonyl (C=O) groups is 1. The second-order valence-corrected chi connectivity index (χ2v) is 7.43. The van der Waals surface area contributed by atoms with Crippen LogP contribution in [0, 0.1) is 17.1 Å². The zero-order valence-electron chi connectivity index (χ0n) is 12.3. The van der Waals surface area contributed by atoms with Crippen molar-refractivity contribution in [2.45, 2.75) is 12.5 Å². The third kappa shape index (κ3) is 4.82. The number of hydrogen-bond donors (Lipinski definition) is 3. The SMILES string of the molecule is N#Cc1c(F)cccc1NCCNC(=O)N[C@H]1CCS(=O)(=O)C1. The van der Waals surface area contributed by atoms with E-state index in [1.807, 2.05) is 0 Å². The lowest BCUT2D eigenvalue weighted by Gasteiger charge is -2.13. The van der Waals surface area contributed by atoms with Crippen LogP contribution in [0.4, 0.5) is 14.9 Å². The number of carbonyl (C=O) groups excluding carboxylic acids is 1. The van der Waals surface area contributed by atoms with Crippen molar-refractivity contribution < 1.29 is 17.6 Å². The molecule has 9 heteroatoms. The number of anilines is 1. The van der Waals surface area contributed by atoms with Gasteiger partial charge in [-0.3, -0.25) is 0 Å². The highest BCUT2D eigenvalue weighted by molar-refractivity contribution is 7.91. The molecule has 0 unspecified atom stereocenters. The number of hydrogen-bond acceptors (Lipinski definition) is 5. The molecule has 0 radical (unpaired) electrons. The van der Waals surface area contributed by atoms with E-state index >= 15 is 0 Å². The maximum atomic E-state index is 13.4. The van der Waals surface area contributed by atoms with Gasteiger partial charge in [-0.25, -0.2) is 17.6 Å². The summed E-state index contributed by atoms with van der Waals surface area (Å²) in [6.45, 7) is 0.543. The molecule has 0 aliphatic carbocycles. The number of benzene rings is 1. The summed E-state index contributed by atoms with van der Waals surface area (Å²) in [5, 5.41) is 16.9. The van der Waals surface area contributed by atoms with Gasteiger partial charge >= 0.3 is 6.03 Å². The normalized spacial score (nSPS) is 18.9. The molecule has 0 spiro atoms. The van der Waals surface area contributed by atoms with E-state index in [2.05, 4.69) is 16.0 Å². The number of amides is 2. The summed E-state index contributed by atoms with van der Waals surface area (Å²) in [7, 11) is -3.04. The highest BCUT2D eigenvalue weighted by Gasteiger charge is 2.28. The van der Waals surface area contributed by atoms with Crippen molar-refractivity contribution in [3.63, 3.8) is 0 Å². The number of rotatable bonds is 5. The molecular weight excluding hydrogens is 323 g/mol. The topological polar surface area (TPSA) is 111 Å². The Labute approximate surface area is 133 Å². The van der Waals surface area contributed by atoms with Crippen LogP contribution in [0.5, 0.6) is 0 Å². The molecule has 1 heterocycles. The molecule has 0 saturated carbocycles.